The Kier molecular flexibility index (Phi) is 11.7. The van der Waals surface area contributed by atoms with Gasteiger partial charge in [-0.25, -0.2) is 4.79 Å². The highest BCUT2D eigenvalue weighted by molar-refractivity contribution is 5.59. The van der Waals surface area contributed by atoms with Crippen LogP contribution in [0.1, 0.15) is 19.4 Å². The Labute approximate surface area is 144 Å². The second kappa shape index (κ2) is 13.8. The maximum absolute atomic E-state index is 11.4. The van der Waals surface area contributed by atoms with E-state index in [0.29, 0.717) is 32.3 Å². The second-order valence-electron chi connectivity index (χ2n) is 5.70. The van der Waals surface area contributed by atoms with Crippen LogP contribution >= 0.6 is 0 Å². The Morgan fingerprint density at radius 2 is 1.62 bits per heavy atom. The summed E-state index contributed by atoms with van der Waals surface area (Å²) in [5.74, 6) is 0.646. The van der Waals surface area contributed by atoms with Crippen LogP contribution < -0.4 is 5.32 Å². The van der Waals surface area contributed by atoms with Gasteiger partial charge in [0.2, 0.25) is 0 Å². The topological polar surface area (TPSA) is 66.0 Å². The predicted octanol–water partition coefficient (Wildman–Crippen LogP) is 2.62. The fourth-order valence-electron chi connectivity index (χ4n) is 1.80. The molecule has 0 fully saturated rings. The minimum absolute atomic E-state index is 0.170. The minimum atomic E-state index is -0.685. The van der Waals surface area contributed by atoms with E-state index < -0.39 is 6.16 Å². The first-order valence-corrected chi connectivity index (χ1v) is 8.38. The number of ether oxygens (including phenoxy) is 4. The molecule has 1 N–H and O–H groups in total. The summed E-state index contributed by atoms with van der Waals surface area (Å²) in [7, 11) is 0. The third-order valence-electron chi connectivity index (χ3n) is 2.99. The van der Waals surface area contributed by atoms with Gasteiger partial charge in [0.25, 0.3) is 0 Å². The van der Waals surface area contributed by atoms with Crippen LogP contribution in [-0.2, 0) is 25.6 Å². The number of hydrogen-bond donors (Lipinski definition) is 1. The van der Waals surface area contributed by atoms with Gasteiger partial charge in [-0.1, -0.05) is 44.2 Å². The quantitative estimate of drug-likeness (QED) is 0.440. The number of benzene rings is 1. The molecule has 0 unspecified atom stereocenters. The lowest BCUT2D eigenvalue weighted by Gasteiger charge is -2.09. The first-order chi connectivity index (χ1) is 11.7. The van der Waals surface area contributed by atoms with Crippen LogP contribution in [0.15, 0.2) is 30.3 Å². The van der Waals surface area contributed by atoms with Crippen molar-refractivity contribution in [2.24, 2.45) is 5.92 Å². The van der Waals surface area contributed by atoms with Crippen molar-refractivity contribution in [3.8, 4) is 0 Å². The molecule has 0 saturated carbocycles. The van der Waals surface area contributed by atoms with E-state index in [1.54, 1.807) is 0 Å². The van der Waals surface area contributed by atoms with Crippen molar-refractivity contribution in [1.29, 1.82) is 0 Å². The maximum Gasteiger partial charge on any atom is 0.508 e. The number of rotatable bonds is 13. The first kappa shape index (κ1) is 20.4. The lowest BCUT2D eigenvalue weighted by molar-refractivity contribution is 0.00737. The van der Waals surface area contributed by atoms with Gasteiger partial charge >= 0.3 is 6.16 Å². The summed E-state index contributed by atoms with van der Waals surface area (Å²) in [5.41, 5.74) is 0.922. The minimum Gasteiger partial charge on any atom is -0.432 e. The smallest absolute Gasteiger partial charge is 0.432 e. The number of carbonyl (C=O) groups is 1. The Balaban J connectivity index is 1.83. The van der Waals surface area contributed by atoms with Gasteiger partial charge in [-0.2, -0.15) is 0 Å². The highest BCUT2D eigenvalue weighted by Crippen LogP contribution is 2.01. The zero-order valence-corrected chi connectivity index (χ0v) is 14.7. The third-order valence-corrected chi connectivity index (χ3v) is 2.99. The Bertz CT molecular complexity index is 425. The molecule has 0 spiro atoms. The summed E-state index contributed by atoms with van der Waals surface area (Å²) in [6.45, 7) is 8.56. The Hall–Kier alpha value is -1.63. The van der Waals surface area contributed by atoms with Gasteiger partial charge < -0.3 is 24.3 Å². The monoisotopic (exact) mass is 339 g/mol. The summed E-state index contributed by atoms with van der Waals surface area (Å²) in [5, 5.41) is 3.30. The largest absolute Gasteiger partial charge is 0.508 e. The molecule has 0 radical (unpaired) electrons. The summed E-state index contributed by atoms with van der Waals surface area (Å²) < 4.78 is 20.6. The fourth-order valence-corrected chi connectivity index (χ4v) is 1.80. The van der Waals surface area contributed by atoms with Crippen LogP contribution in [0.4, 0.5) is 4.79 Å². The van der Waals surface area contributed by atoms with Crippen molar-refractivity contribution < 1.29 is 23.7 Å². The van der Waals surface area contributed by atoms with E-state index >= 15 is 0 Å². The van der Waals surface area contributed by atoms with Crippen LogP contribution in [0.25, 0.3) is 0 Å². The zero-order chi connectivity index (χ0) is 17.5. The molecular formula is C18H29NO5. The molecule has 136 valence electrons. The molecule has 0 aliphatic carbocycles. The maximum atomic E-state index is 11.4. The molecule has 0 bridgehead atoms. The van der Waals surface area contributed by atoms with Crippen LogP contribution in [-0.4, -0.2) is 52.3 Å². The summed E-state index contributed by atoms with van der Waals surface area (Å²) >= 11 is 0. The molecule has 1 aromatic carbocycles. The number of hydrogen-bond acceptors (Lipinski definition) is 6. The molecule has 0 aliphatic rings. The van der Waals surface area contributed by atoms with Gasteiger partial charge in [0, 0.05) is 6.54 Å². The number of carbonyl (C=O) groups excluding carboxylic acids is 1. The molecule has 1 aromatic rings. The molecule has 0 aliphatic heterocycles. The molecule has 0 heterocycles. The van der Waals surface area contributed by atoms with Gasteiger partial charge in [0.15, 0.2) is 0 Å². The molecule has 6 nitrogen and oxygen atoms in total. The summed E-state index contributed by atoms with van der Waals surface area (Å²) in [6.07, 6.45) is -0.685. The molecular weight excluding hydrogens is 310 g/mol. The van der Waals surface area contributed by atoms with Gasteiger partial charge in [-0.3, -0.25) is 0 Å². The van der Waals surface area contributed by atoms with Crippen molar-refractivity contribution in [2.75, 3.05) is 46.1 Å². The third kappa shape index (κ3) is 11.9. The van der Waals surface area contributed by atoms with Gasteiger partial charge in [-0.15, -0.1) is 0 Å². The Morgan fingerprint density at radius 3 is 2.33 bits per heavy atom. The van der Waals surface area contributed by atoms with E-state index in [-0.39, 0.29) is 13.2 Å². The van der Waals surface area contributed by atoms with E-state index in [0.717, 1.165) is 18.7 Å². The van der Waals surface area contributed by atoms with Crippen molar-refractivity contribution in [3.63, 3.8) is 0 Å². The molecule has 0 saturated heterocycles. The Morgan fingerprint density at radius 1 is 0.958 bits per heavy atom. The summed E-state index contributed by atoms with van der Waals surface area (Å²) in [4.78, 5) is 11.4. The van der Waals surface area contributed by atoms with Crippen molar-refractivity contribution in [1.82, 2.24) is 5.32 Å². The van der Waals surface area contributed by atoms with Gasteiger partial charge in [0.1, 0.15) is 13.2 Å². The van der Waals surface area contributed by atoms with Crippen molar-refractivity contribution >= 4 is 6.16 Å². The molecule has 6 heteroatoms. The molecule has 0 atom stereocenters. The fraction of sp³-hybridized carbons (Fsp3) is 0.611. The van der Waals surface area contributed by atoms with E-state index in [2.05, 4.69) is 19.2 Å². The van der Waals surface area contributed by atoms with Crippen molar-refractivity contribution in [3.05, 3.63) is 35.9 Å². The molecule has 1 rings (SSSR count). The van der Waals surface area contributed by atoms with Crippen LogP contribution in [0.2, 0.25) is 0 Å². The van der Waals surface area contributed by atoms with E-state index in [1.165, 1.54) is 0 Å². The van der Waals surface area contributed by atoms with E-state index in [9.17, 15) is 4.79 Å². The predicted molar refractivity (Wildman–Crippen MR) is 91.9 cm³/mol. The highest BCUT2D eigenvalue weighted by atomic mass is 16.7. The lowest BCUT2D eigenvalue weighted by Crippen LogP contribution is -2.24. The number of nitrogens with one attached hydrogen (secondary N) is 1. The van der Waals surface area contributed by atoms with Crippen LogP contribution in [0.3, 0.4) is 0 Å². The van der Waals surface area contributed by atoms with E-state index in [1.807, 2.05) is 30.3 Å². The lowest BCUT2D eigenvalue weighted by atomic mass is 10.2. The van der Waals surface area contributed by atoms with Gasteiger partial charge in [-0.05, 0) is 18.0 Å². The normalized spacial score (nSPS) is 10.8. The van der Waals surface area contributed by atoms with Crippen LogP contribution in [0.5, 0.6) is 0 Å². The molecule has 24 heavy (non-hydrogen) atoms. The second-order valence-corrected chi connectivity index (χ2v) is 5.70. The first-order valence-electron chi connectivity index (χ1n) is 8.38. The standard InChI is InChI=1S/C18H29NO5/c1-16(2)14-19-8-9-21-10-11-22-12-13-23-18(20)24-15-17-6-4-3-5-7-17/h3-7,16,19H,8-15H2,1-2H3. The summed E-state index contributed by atoms with van der Waals surface area (Å²) in [6, 6.07) is 9.45. The average molecular weight is 339 g/mol. The van der Waals surface area contributed by atoms with E-state index in [4.69, 9.17) is 18.9 Å². The molecule has 0 amide bonds. The highest BCUT2D eigenvalue weighted by Gasteiger charge is 2.03. The SMILES string of the molecule is CC(C)CNCCOCCOCCOC(=O)OCc1ccccc1. The zero-order valence-electron chi connectivity index (χ0n) is 14.7. The van der Waals surface area contributed by atoms with Crippen molar-refractivity contribution in [2.45, 2.75) is 20.5 Å². The molecule has 0 aromatic heterocycles. The average Bonchev–Trinajstić information content (AvgIpc) is 2.58. The van der Waals surface area contributed by atoms with Crippen LogP contribution in [0, 0.1) is 5.92 Å². The van der Waals surface area contributed by atoms with Gasteiger partial charge in [0.05, 0.1) is 26.4 Å².